The molecular formula is C13H16N6O2. The Bertz CT molecular complexity index is 885. The summed E-state index contributed by atoms with van der Waals surface area (Å²) in [4.78, 5) is 34.2. The molecule has 3 rings (SSSR count). The van der Waals surface area contributed by atoms with E-state index in [1.807, 2.05) is 6.07 Å². The molecule has 8 heteroatoms. The first-order valence-electron chi connectivity index (χ1n) is 6.53. The summed E-state index contributed by atoms with van der Waals surface area (Å²) in [5, 5.41) is 0. The molecule has 0 atom stereocenters. The molecule has 0 fully saturated rings. The zero-order chi connectivity index (χ0) is 15.1. The first-order valence-corrected chi connectivity index (χ1v) is 6.53. The van der Waals surface area contributed by atoms with Gasteiger partial charge in [0.25, 0.3) is 0 Å². The van der Waals surface area contributed by atoms with Crippen molar-refractivity contribution in [3.8, 4) is 0 Å². The number of imidazole rings is 2. The Balaban J connectivity index is 2.04. The van der Waals surface area contributed by atoms with Crippen LogP contribution in [0, 0.1) is 0 Å². The third-order valence-corrected chi connectivity index (χ3v) is 3.46. The number of nitrogen functional groups attached to an aromatic ring is 1. The van der Waals surface area contributed by atoms with Crippen LogP contribution in [-0.4, -0.2) is 44.4 Å². The van der Waals surface area contributed by atoms with Crippen LogP contribution in [-0.2, 0) is 11.3 Å². The summed E-state index contributed by atoms with van der Waals surface area (Å²) in [5.74, 6) is 0.374. The highest BCUT2D eigenvalue weighted by molar-refractivity contribution is 5.92. The van der Waals surface area contributed by atoms with Crippen molar-refractivity contribution in [2.75, 3.05) is 19.8 Å². The second-order valence-electron chi connectivity index (χ2n) is 5.13. The SMILES string of the molecule is CN(C)C(=O)CCn1c(N)nc2cc3[nH]c(=O)[nH]c3cc21. The molecule has 0 unspecified atom stereocenters. The van der Waals surface area contributed by atoms with Crippen molar-refractivity contribution >= 4 is 33.9 Å². The zero-order valence-electron chi connectivity index (χ0n) is 11.8. The fourth-order valence-corrected chi connectivity index (χ4v) is 2.34. The van der Waals surface area contributed by atoms with E-state index in [0.29, 0.717) is 35.5 Å². The van der Waals surface area contributed by atoms with E-state index >= 15 is 0 Å². The highest BCUT2D eigenvalue weighted by Crippen LogP contribution is 2.22. The van der Waals surface area contributed by atoms with Gasteiger partial charge in [0.1, 0.15) is 0 Å². The van der Waals surface area contributed by atoms with Gasteiger partial charge in [-0.1, -0.05) is 0 Å². The molecule has 3 aromatic rings. The minimum atomic E-state index is -0.264. The van der Waals surface area contributed by atoms with Crippen LogP contribution in [0.25, 0.3) is 22.1 Å². The Labute approximate surface area is 119 Å². The molecule has 1 aromatic carbocycles. The normalized spacial score (nSPS) is 11.3. The van der Waals surface area contributed by atoms with Gasteiger partial charge in [0, 0.05) is 27.1 Å². The van der Waals surface area contributed by atoms with Crippen LogP contribution in [0.1, 0.15) is 6.42 Å². The number of anilines is 1. The molecule has 0 saturated carbocycles. The molecule has 0 radical (unpaired) electrons. The molecule has 0 spiro atoms. The maximum atomic E-state index is 11.7. The number of benzene rings is 1. The lowest BCUT2D eigenvalue weighted by molar-refractivity contribution is -0.128. The van der Waals surface area contributed by atoms with Crippen molar-refractivity contribution in [3.63, 3.8) is 0 Å². The third kappa shape index (κ3) is 2.24. The zero-order valence-corrected chi connectivity index (χ0v) is 11.8. The van der Waals surface area contributed by atoms with Gasteiger partial charge in [-0.15, -0.1) is 0 Å². The Morgan fingerprint density at radius 3 is 2.67 bits per heavy atom. The number of nitrogens with zero attached hydrogens (tertiary/aromatic N) is 3. The lowest BCUT2D eigenvalue weighted by Crippen LogP contribution is -2.23. The number of aryl methyl sites for hydroxylation is 1. The molecule has 4 N–H and O–H groups in total. The average molecular weight is 288 g/mol. The van der Waals surface area contributed by atoms with E-state index in [1.54, 1.807) is 24.7 Å². The summed E-state index contributed by atoms with van der Waals surface area (Å²) >= 11 is 0. The lowest BCUT2D eigenvalue weighted by Gasteiger charge is -2.11. The van der Waals surface area contributed by atoms with Gasteiger partial charge in [0.15, 0.2) is 0 Å². The summed E-state index contributed by atoms with van der Waals surface area (Å²) in [6.45, 7) is 0.444. The standard InChI is InChI=1S/C13H16N6O2/c1-18(2)11(20)3-4-19-10-6-8-7(16-13(21)17-8)5-9(10)15-12(19)14/h5-6H,3-4H2,1-2H3,(H2,14,15)(H2,16,17,21). The van der Waals surface area contributed by atoms with Gasteiger partial charge in [0.2, 0.25) is 11.9 Å². The van der Waals surface area contributed by atoms with E-state index in [4.69, 9.17) is 5.73 Å². The van der Waals surface area contributed by atoms with Crippen molar-refractivity contribution in [1.29, 1.82) is 0 Å². The molecule has 110 valence electrons. The predicted octanol–water partition coefficient (Wildman–Crippen LogP) is 0.266. The van der Waals surface area contributed by atoms with Crippen molar-refractivity contribution in [3.05, 3.63) is 22.6 Å². The first kappa shape index (κ1) is 13.2. The highest BCUT2D eigenvalue weighted by atomic mass is 16.2. The molecule has 21 heavy (non-hydrogen) atoms. The predicted molar refractivity (Wildman–Crippen MR) is 79.9 cm³/mol. The van der Waals surface area contributed by atoms with Crippen molar-refractivity contribution in [1.82, 2.24) is 24.4 Å². The van der Waals surface area contributed by atoms with Crippen molar-refractivity contribution < 1.29 is 4.79 Å². The van der Waals surface area contributed by atoms with Gasteiger partial charge in [-0.2, -0.15) is 0 Å². The maximum absolute atomic E-state index is 11.7. The topological polar surface area (TPSA) is 113 Å². The van der Waals surface area contributed by atoms with Crippen LogP contribution in [0.15, 0.2) is 16.9 Å². The minimum absolute atomic E-state index is 0.0207. The van der Waals surface area contributed by atoms with Crippen LogP contribution in [0.4, 0.5) is 5.95 Å². The minimum Gasteiger partial charge on any atom is -0.369 e. The molecule has 8 nitrogen and oxygen atoms in total. The number of rotatable bonds is 3. The molecule has 0 aliphatic rings. The summed E-state index contributed by atoms with van der Waals surface area (Å²) < 4.78 is 1.78. The van der Waals surface area contributed by atoms with Crippen molar-refractivity contribution in [2.45, 2.75) is 13.0 Å². The Kier molecular flexibility index (Phi) is 2.93. The van der Waals surface area contributed by atoms with Crippen molar-refractivity contribution in [2.24, 2.45) is 0 Å². The van der Waals surface area contributed by atoms with E-state index in [9.17, 15) is 9.59 Å². The van der Waals surface area contributed by atoms with Crippen LogP contribution in [0.2, 0.25) is 0 Å². The van der Waals surface area contributed by atoms with Crippen LogP contribution >= 0.6 is 0 Å². The fraction of sp³-hybridized carbons (Fsp3) is 0.308. The maximum Gasteiger partial charge on any atom is 0.323 e. The van der Waals surface area contributed by atoms with E-state index in [1.165, 1.54) is 4.90 Å². The van der Waals surface area contributed by atoms with Gasteiger partial charge >= 0.3 is 5.69 Å². The van der Waals surface area contributed by atoms with Gasteiger partial charge in [-0.25, -0.2) is 9.78 Å². The van der Waals surface area contributed by atoms with E-state index in [-0.39, 0.29) is 11.6 Å². The Morgan fingerprint density at radius 1 is 1.33 bits per heavy atom. The molecular weight excluding hydrogens is 272 g/mol. The molecule has 0 aliphatic carbocycles. The third-order valence-electron chi connectivity index (χ3n) is 3.46. The first-order chi connectivity index (χ1) is 9.95. The number of carbonyl (C=O) groups is 1. The fourth-order valence-electron chi connectivity index (χ4n) is 2.34. The monoisotopic (exact) mass is 288 g/mol. The second-order valence-corrected chi connectivity index (χ2v) is 5.13. The van der Waals surface area contributed by atoms with Gasteiger partial charge in [0.05, 0.1) is 22.1 Å². The number of hydrogen-bond donors (Lipinski definition) is 3. The van der Waals surface area contributed by atoms with Gasteiger partial charge in [-0.3, -0.25) is 4.79 Å². The number of fused-ring (bicyclic) bond motifs is 2. The lowest BCUT2D eigenvalue weighted by atomic mass is 10.2. The van der Waals surface area contributed by atoms with E-state index in [0.717, 1.165) is 5.52 Å². The number of H-pyrrole nitrogens is 2. The Hall–Kier alpha value is -2.77. The molecule has 1 amide bonds. The van der Waals surface area contributed by atoms with Gasteiger partial charge in [-0.05, 0) is 12.1 Å². The summed E-state index contributed by atoms with van der Waals surface area (Å²) in [6.07, 6.45) is 0.338. The molecule has 2 aromatic heterocycles. The van der Waals surface area contributed by atoms with Crippen LogP contribution < -0.4 is 11.4 Å². The number of hydrogen-bond acceptors (Lipinski definition) is 4. The van der Waals surface area contributed by atoms with Crippen LogP contribution in [0.5, 0.6) is 0 Å². The van der Waals surface area contributed by atoms with Crippen LogP contribution in [0.3, 0.4) is 0 Å². The van der Waals surface area contributed by atoms with Gasteiger partial charge < -0.3 is 25.2 Å². The molecule has 0 aliphatic heterocycles. The molecule has 0 saturated heterocycles. The molecule has 0 bridgehead atoms. The number of nitrogens with two attached hydrogens (primary N) is 1. The number of carbonyl (C=O) groups excluding carboxylic acids is 1. The largest absolute Gasteiger partial charge is 0.369 e. The smallest absolute Gasteiger partial charge is 0.323 e. The number of nitrogens with one attached hydrogen (secondary N) is 2. The Morgan fingerprint density at radius 2 is 2.00 bits per heavy atom. The van der Waals surface area contributed by atoms with E-state index in [2.05, 4.69) is 15.0 Å². The second kappa shape index (κ2) is 4.65. The summed E-state index contributed by atoms with van der Waals surface area (Å²) in [5.41, 5.74) is 8.51. The van der Waals surface area contributed by atoms with E-state index < -0.39 is 0 Å². The highest BCUT2D eigenvalue weighted by Gasteiger charge is 2.12. The molecule has 2 heterocycles. The number of amides is 1. The summed E-state index contributed by atoms with van der Waals surface area (Å²) in [7, 11) is 3.43. The number of aromatic nitrogens is 4. The average Bonchev–Trinajstić information content (AvgIpc) is 2.91. The number of aromatic amines is 2. The quantitative estimate of drug-likeness (QED) is 0.641. The summed E-state index contributed by atoms with van der Waals surface area (Å²) in [6, 6.07) is 3.58.